The third kappa shape index (κ3) is 5.62. The summed E-state index contributed by atoms with van der Waals surface area (Å²) in [4.78, 5) is 27.6. The van der Waals surface area contributed by atoms with Gasteiger partial charge >= 0.3 is 12.1 Å². The van der Waals surface area contributed by atoms with E-state index in [9.17, 15) is 14.7 Å². The Kier molecular flexibility index (Phi) is 9.07. The lowest BCUT2D eigenvalue weighted by Gasteiger charge is -2.72. The van der Waals surface area contributed by atoms with Crippen LogP contribution in [-0.4, -0.2) is 54.0 Å². The summed E-state index contributed by atoms with van der Waals surface area (Å²) in [5.41, 5.74) is 2.55. The summed E-state index contributed by atoms with van der Waals surface area (Å²) in [6.07, 6.45) is 11.4. The number of nitrogens with zero attached hydrogens (tertiary/aromatic N) is 1. The van der Waals surface area contributed by atoms with Crippen LogP contribution < -0.4 is 0 Å². The molecule has 1 N–H and O–H groups in total. The van der Waals surface area contributed by atoms with Gasteiger partial charge in [-0.2, -0.15) is 0 Å². The summed E-state index contributed by atoms with van der Waals surface area (Å²) in [5, 5.41) is 11.1. The Morgan fingerprint density at radius 2 is 1.63 bits per heavy atom. The summed E-state index contributed by atoms with van der Waals surface area (Å²) in [6.45, 7) is 25.6. The van der Waals surface area contributed by atoms with Crippen LogP contribution in [0, 0.1) is 68.5 Å². The minimum absolute atomic E-state index is 0.0410. The average molecular weight is 676 g/mol. The second-order valence-corrected chi connectivity index (χ2v) is 19.6. The molecular weight excluding hydrogens is 610 g/mol. The van der Waals surface area contributed by atoms with Gasteiger partial charge in [-0.3, -0.25) is 0 Å². The Morgan fingerprint density at radius 1 is 0.918 bits per heavy atom. The maximum Gasteiger partial charge on any atom is 0.410 e. The average Bonchev–Trinajstić information content (AvgIpc) is 3.41. The normalized spacial score (nSPS) is 42.8. The SMILES string of the molecule is C=C(C)[C@@H]1CC[C@]2(C#CC3=C(C(=O)OC)CN(C(=O)OC(C)(C)C)CC3)CC[C@]3(C)C(CCC4[C@@]5(C)CCC(O)C(C)(C)C5CC[C@]43C)C12. The van der Waals surface area contributed by atoms with Gasteiger partial charge in [0.2, 0.25) is 0 Å². The lowest BCUT2D eigenvalue weighted by Crippen LogP contribution is -2.66. The van der Waals surface area contributed by atoms with Gasteiger partial charge in [0, 0.05) is 17.5 Å². The van der Waals surface area contributed by atoms with Crippen molar-refractivity contribution in [3.63, 3.8) is 0 Å². The Morgan fingerprint density at radius 3 is 2.29 bits per heavy atom. The highest BCUT2D eigenvalue weighted by Gasteiger charge is 2.70. The maximum atomic E-state index is 13.1. The molecule has 272 valence electrons. The first-order chi connectivity index (χ1) is 22.7. The summed E-state index contributed by atoms with van der Waals surface area (Å²) in [5.74, 6) is 9.83. The smallest absolute Gasteiger partial charge is 0.410 e. The largest absolute Gasteiger partial charge is 0.466 e. The van der Waals surface area contributed by atoms with E-state index in [0.29, 0.717) is 48.1 Å². The van der Waals surface area contributed by atoms with Gasteiger partial charge < -0.3 is 19.5 Å². The first kappa shape index (κ1) is 36.5. The molecule has 49 heavy (non-hydrogen) atoms. The lowest BCUT2D eigenvalue weighted by molar-refractivity contribution is -0.244. The predicted octanol–water partition coefficient (Wildman–Crippen LogP) is 9.12. The molecule has 6 aliphatic rings. The number of fused-ring (bicyclic) bond motifs is 7. The molecule has 5 aliphatic carbocycles. The summed E-state index contributed by atoms with van der Waals surface area (Å²) >= 11 is 0. The van der Waals surface area contributed by atoms with Crippen molar-refractivity contribution in [3.8, 4) is 11.8 Å². The highest BCUT2D eigenvalue weighted by molar-refractivity contribution is 5.92. The molecule has 6 rings (SSSR count). The van der Waals surface area contributed by atoms with E-state index in [-0.39, 0.29) is 39.7 Å². The van der Waals surface area contributed by atoms with E-state index in [1.54, 1.807) is 4.90 Å². The molecule has 1 heterocycles. The molecule has 0 radical (unpaired) electrons. The van der Waals surface area contributed by atoms with Crippen LogP contribution in [0.25, 0.3) is 0 Å². The molecule has 6 nitrogen and oxygen atoms in total. The zero-order valence-corrected chi connectivity index (χ0v) is 32.4. The van der Waals surface area contributed by atoms with Crippen molar-refractivity contribution in [2.45, 2.75) is 145 Å². The number of carbonyl (C=O) groups is 2. The van der Waals surface area contributed by atoms with Gasteiger partial charge in [-0.25, -0.2) is 9.59 Å². The van der Waals surface area contributed by atoms with Gasteiger partial charge in [-0.1, -0.05) is 58.6 Å². The second-order valence-electron chi connectivity index (χ2n) is 19.6. The van der Waals surface area contributed by atoms with Gasteiger partial charge in [0.05, 0.1) is 25.3 Å². The second kappa shape index (κ2) is 12.2. The Labute approximate surface area is 297 Å². The van der Waals surface area contributed by atoms with Crippen LogP contribution >= 0.6 is 0 Å². The van der Waals surface area contributed by atoms with Crippen molar-refractivity contribution in [1.29, 1.82) is 0 Å². The minimum atomic E-state index is -0.610. The molecule has 0 aromatic heterocycles. The zero-order chi connectivity index (χ0) is 35.9. The standard InChI is InChI=1S/C43H65NO5/c1-27(2)29-15-22-43(21-14-28-18-25-44(26-30(28)36(46)48-11)37(47)49-38(3,4)5)24-23-41(9)31(35(29)43)12-13-33-40(8)19-17-34(45)39(6,7)32(40)16-20-42(33,41)10/h29,31-35,45H,1,12-13,15-20,22-26H2,2-11H3/t29-,31?,32?,33?,34?,35?,40-,41+,42+,43+/m0/s1. The molecule has 0 bridgehead atoms. The van der Waals surface area contributed by atoms with Crippen LogP contribution in [0.15, 0.2) is 23.3 Å². The number of amides is 1. The van der Waals surface area contributed by atoms with Crippen molar-refractivity contribution in [2.24, 2.45) is 56.7 Å². The first-order valence-corrected chi connectivity index (χ1v) is 19.4. The summed E-state index contributed by atoms with van der Waals surface area (Å²) in [7, 11) is 1.40. The Bertz CT molecular complexity index is 1470. The van der Waals surface area contributed by atoms with Crippen LogP contribution in [0.2, 0.25) is 0 Å². The highest BCUT2D eigenvalue weighted by Crippen LogP contribution is 2.77. The monoisotopic (exact) mass is 675 g/mol. The molecule has 5 saturated carbocycles. The zero-order valence-electron chi connectivity index (χ0n) is 32.4. The van der Waals surface area contributed by atoms with Gasteiger partial charge in [0.1, 0.15) is 5.60 Å². The molecule has 0 spiro atoms. The van der Waals surface area contributed by atoms with Crippen LogP contribution in [0.5, 0.6) is 0 Å². The van der Waals surface area contributed by atoms with Crippen LogP contribution in [-0.2, 0) is 14.3 Å². The van der Waals surface area contributed by atoms with Crippen molar-refractivity contribution in [2.75, 3.05) is 20.2 Å². The fourth-order valence-electron chi connectivity index (χ4n) is 13.2. The number of aliphatic hydroxyl groups is 1. The molecule has 1 amide bonds. The third-order valence-electron chi connectivity index (χ3n) is 15.9. The Hall–Kier alpha value is -2.26. The number of ether oxygens (including phenoxy) is 2. The molecule has 5 unspecified atom stereocenters. The molecular formula is C43H65NO5. The summed E-state index contributed by atoms with van der Waals surface area (Å²) < 4.78 is 10.8. The maximum absolute atomic E-state index is 13.1. The Balaban J connectivity index is 1.34. The molecule has 1 aliphatic heterocycles. The molecule has 6 heteroatoms. The number of esters is 1. The van der Waals surface area contributed by atoms with Crippen LogP contribution in [0.3, 0.4) is 0 Å². The van der Waals surface area contributed by atoms with Gasteiger partial charge in [0.15, 0.2) is 0 Å². The molecule has 0 aromatic carbocycles. The lowest BCUT2D eigenvalue weighted by atomic mass is 9.32. The summed E-state index contributed by atoms with van der Waals surface area (Å²) in [6, 6.07) is 0. The van der Waals surface area contributed by atoms with Gasteiger partial charge in [0.25, 0.3) is 0 Å². The number of aliphatic hydroxyl groups excluding tert-OH is 1. The van der Waals surface area contributed by atoms with E-state index in [0.717, 1.165) is 37.7 Å². The fourth-order valence-corrected chi connectivity index (χ4v) is 13.2. The highest BCUT2D eigenvalue weighted by atomic mass is 16.6. The van der Waals surface area contributed by atoms with Gasteiger partial charge in [-0.05, 0) is 150 Å². The van der Waals surface area contributed by atoms with Crippen molar-refractivity contribution in [1.82, 2.24) is 4.90 Å². The predicted molar refractivity (Wildman–Crippen MR) is 194 cm³/mol. The minimum Gasteiger partial charge on any atom is -0.466 e. The number of rotatable bonds is 2. The van der Waals surface area contributed by atoms with Gasteiger partial charge in [-0.15, -0.1) is 0 Å². The van der Waals surface area contributed by atoms with Crippen molar-refractivity contribution in [3.05, 3.63) is 23.3 Å². The topological polar surface area (TPSA) is 76.1 Å². The van der Waals surface area contributed by atoms with Crippen molar-refractivity contribution >= 4 is 12.1 Å². The van der Waals surface area contributed by atoms with E-state index in [2.05, 4.69) is 60.0 Å². The number of methoxy groups -OCH3 is 1. The fraction of sp³-hybridized carbons (Fsp3) is 0.814. The number of hydrogen-bond donors (Lipinski definition) is 1. The molecule has 5 fully saturated rings. The number of allylic oxidation sites excluding steroid dienone is 1. The van der Waals surface area contributed by atoms with E-state index >= 15 is 0 Å². The van der Waals surface area contributed by atoms with Crippen LogP contribution in [0.4, 0.5) is 4.79 Å². The molecule has 0 aromatic rings. The number of hydrogen-bond acceptors (Lipinski definition) is 5. The first-order valence-electron chi connectivity index (χ1n) is 19.4. The third-order valence-corrected chi connectivity index (χ3v) is 15.9. The van der Waals surface area contributed by atoms with E-state index < -0.39 is 17.7 Å². The van der Waals surface area contributed by atoms with E-state index in [1.165, 1.54) is 44.8 Å². The van der Waals surface area contributed by atoms with Crippen LogP contribution in [0.1, 0.15) is 133 Å². The van der Waals surface area contributed by atoms with Crippen molar-refractivity contribution < 1.29 is 24.2 Å². The number of carbonyl (C=O) groups excluding carboxylic acids is 2. The van der Waals surface area contributed by atoms with E-state index in [4.69, 9.17) is 9.47 Å². The quantitative estimate of drug-likeness (QED) is 0.180. The molecule has 10 atom stereocenters. The molecule has 0 saturated heterocycles. The van der Waals surface area contributed by atoms with E-state index in [1.807, 2.05) is 20.8 Å².